The van der Waals surface area contributed by atoms with E-state index in [0.717, 1.165) is 24.4 Å². The molecule has 0 aromatic heterocycles. The van der Waals surface area contributed by atoms with Crippen molar-refractivity contribution in [1.29, 1.82) is 0 Å². The average Bonchev–Trinajstić information content (AvgIpc) is 2.35. The van der Waals surface area contributed by atoms with Crippen LogP contribution in [0.15, 0.2) is 0 Å². The molecule has 0 spiro atoms. The molecule has 2 aliphatic rings. The summed E-state index contributed by atoms with van der Waals surface area (Å²) in [6, 6.07) is 0.434. The van der Waals surface area contributed by atoms with Gasteiger partial charge in [0.25, 0.3) is 0 Å². The summed E-state index contributed by atoms with van der Waals surface area (Å²) in [6.07, 6.45) is 6.53. The fourth-order valence-corrected chi connectivity index (χ4v) is 3.75. The molecule has 106 valence electrons. The first-order valence-electron chi connectivity index (χ1n) is 7.66. The monoisotopic (exact) mass is 254 g/mol. The topological polar surface area (TPSA) is 38.5 Å². The molecule has 1 aliphatic carbocycles. The maximum absolute atomic E-state index is 6.30. The Morgan fingerprint density at radius 3 is 2.89 bits per heavy atom. The number of hydrogen-bond acceptors (Lipinski definition) is 3. The van der Waals surface area contributed by atoms with Crippen molar-refractivity contribution >= 4 is 0 Å². The van der Waals surface area contributed by atoms with E-state index in [-0.39, 0.29) is 0 Å². The van der Waals surface area contributed by atoms with E-state index < -0.39 is 0 Å². The van der Waals surface area contributed by atoms with Gasteiger partial charge in [0.05, 0.1) is 6.61 Å². The van der Waals surface area contributed by atoms with Gasteiger partial charge in [-0.05, 0) is 56.4 Å². The first kappa shape index (κ1) is 14.3. The minimum atomic E-state index is 0.434. The molecule has 0 aromatic carbocycles. The predicted molar refractivity (Wildman–Crippen MR) is 75.5 cm³/mol. The zero-order valence-electron chi connectivity index (χ0n) is 12.1. The van der Waals surface area contributed by atoms with Gasteiger partial charge in [0.15, 0.2) is 0 Å². The summed E-state index contributed by atoms with van der Waals surface area (Å²) >= 11 is 0. The van der Waals surface area contributed by atoms with E-state index >= 15 is 0 Å². The molecule has 1 heterocycles. The van der Waals surface area contributed by atoms with E-state index in [1.807, 2.05) is 7.11 Å². The van der Waals surface area contributed by atoms with Crippen LogP contribution >= 0.6 is 0 Å². The van der Waals surface area contributed by atoms with Crippen molar-refractivity contribution in [3.8, 4) is 0 Å². The summed E-state index contributed by atoms with van der Waals surface area (Å²) < 4.78 is 5.31. The van der Waals surface area contributed by atoms with Crippen molar-refractivity contribution in [2.24, 2.45) is 23.5 Å². The lowest BCUT2D eigenvalue weighted by Crippen LogP contribution is -2.46. The summed E-state index contributed by atoms with van der Waals surface area (Å²) in [5, 5.41) is 0. The second-order valence-corrected chi connectivity index (χ2v) is 6.57. The van der Waals surface area contributed by atoms with Crippen LogP contribution in [0.3, 0.4) is 0 Å². The number of piperidine rings is 1. The highest BCUT2D eigenvalue weighted by molar-refractivity contribution is 4.84. The number of likely N-dealkylation sites (tertiary alicyclic amines) is 1. The number of methoxy groups -OCH3 is 1. The van der Waals surface area contributed by atoms with Crippen LogP contribution in [0.1, 0.15) is 39.0 Å². The largest absolute Gasteiger partial charge is 0.384 e. The first-order chi connectivity index (χ1) is 8.69. The van der Waals surface area contributed by atoms with E-state index in [1.54, 1.807) is 0 Å². The molecule has 2 fully saturated rings. The molecule has 2 rings (SSSR count). The van der Waals surface area contributed by atoms with Gasteiger partial charge >= 0.3 is 0 Å². The molecule has 3 nitrogen and oxygen atoms in total. The first-order valence-corrected chi connectivity index (χ1v) is 7.66. The number of nitrogens with two attached hydrogens (primary N) is 1. The van der Waals surface area contributed by atoms with Crippen LogP contribution in [0.2, 0.25) is 0 Å². The van der Waals surface area contributed by atoms with Crippen molar-refractivity contribution in [2.45, 2.75) is 45.1 Å². The molecular formula is C15H30N2O. The molecule has 1 saturated heterocycles. The highest BCUT2D eigenvalue weighted by Gasteiger charge is 2.29. The van der Waals surface area contributed by atoms with Gasteiger partial charge in [-0.15, -0.1) is 0 Å². The summed E-state index contributed by atoms with van der Waals surface area (Å²) in [5.74, 6) is 2.32. The molecule has 0 aromatic rings. The minimum absolute atomic E-state index is 0.434. The van der Waals surface area contributed by atoms with Crippen molar-refractivity contribution in [2.75, 3.05) is 33.4 Å². The molecular weight excluding hydrogens is 224 g/mol. The standard InChI is InChI=1S/C15H30N2O/c1-12-5-6-15(16)14(8-12)10-17-7-3-4-13(9-17)11-18-2/h12-15H,3-11,16H2,1-2H3. The van der Waals surface area contributed by atoms with E-state index in [4.69, 9.17) is 10.5 Å². The number of rotatable bonds is 4. The Balaban J connectivity index is 1.80. The van der Waals surface area contributed by atoms with Crippen LogP contribution in [-0.4, -0.2) is 44.3 Å². The Kier molecular flexibility index (Phi) is 5.46. The van der Waals surface area contributed by atoms with Crippen LogP contribution in [0.4, 0.5) is 0 Å². The Morgan fingerprint density at radius 2 is 2.11 bits per heavy atom. The van der Waals surface area contributed by atoms with E-state index in [1.165, 1.54) is 51.7 Å². The normalized spacial score (nSPS) is 38.8. The van der Waals surface area contributed by atoms with Crippen molar-refractivity contribution in [3.63, 3.8) is 0 Å². The van der Waals surface area contributed by atoms with Crippen molar-refractivity contribution in [3.05, 3.63) is 0 Å². The molecule has 2 N–H and O–H groups in total. The zero-order valence-corrected chi connectivity index (χ0v) is 12.1. The number of nitrogens with zero attached hydrogens (tertiary/aromatic N) is 1. The second kappa shape index (κ2) is 6.88. The van der Waals surface area contributed by atoms with Gasteiger partial charge in [-0.3, -0.25) is 0 Å². The van der Waals surface area contributed by atoms with Crippen LogP contribution in [0.5, 0.6) is 0 Å². The molecule has 3 heteroatoms. The Bertz CT molecular complexity index is 245. The molecule has 0 radical (unpaired) electrons. The Morgan fingerprint density at radius 1 is 1.28 bits per heavy atom. The molecule has 0 amide bonds. The van der Waals surface area contributed by atoms with Gasteiger partial charge in [-0.25, -0.2) is 0 Å². The number of hydrogen-bond donors (Lipinski definition) is 1. The second-order valence-electron chi connectivity index (χ2n) is 6.57. The summed E-state index contributed by atoms with van der Waals surface area (Å²) in [4.78, 5) is 2.63. The quantitative estimate of drug-likeness (QED) is 0.835. The van der Waals surface area contributed by atoms with Crippen LogP contribution < -0.4 is 5.73 Å². The lowest BCUT2D eigenvalue weighted by Gasteiger charge is -2.39. The van der Waals surface area contributed by atoms with Crippen molar-refractivity contribution in [1.82, 2.24) is 4.90 Å². The molecule has 1 aliphatic heterocycles. The summed E-state index contributed by atoms with van der Waals surface area (Å²) in [6.45, 7) is 6.99. The van der Waals surface area contributed by atoms with Gasteiger partial charge in [0, 0.05) is 26.2 Å². The molecule has 0 bridgehead atoms. The number of ether oxygens (including phenoxy) is 1. The van der Waals surface area contributed by atoms with Crippen molar-refractivity contribution < 1.29 is 4.74 Å². The smallest absolute Gasteiger partial charge is 0.0502 e. The third-order valence-corrected chi connectivity index (χ3v) is 4.80. The van der Waals surface area contributed by atoms with Gasteiger partial charge in [-0.1, -0.05) is 6.92 Å². The van der Waals surface area contributed by atoms with E-state index in [0.29, 0.717) is 6.04 Å². The zero-order chi connectivity index (χ0) is 13.0. The third-order valence-electron chi connectivity index (χ3n) is 4.80. The summed E-state index contributed by atoms with van der Waals surface area (Å²) in [5.41, 5.74) is 6.30. The van der Waals surface area contributed by atoms with Crippen LogP contribution in [0, 0.1) is 17.8 Å². The molecule has 4 atom stereocenters. The average molecular weight is 254 g/mol. The van der Waals surface area contributed by atoms with Gasteiger partial charge in [0.2, 0.25) is 0 Å². The third kappa shape index (κ3) is 3.94. The van der Waals surface area contributed by atoms with Gasteiger partial charge < -0.3 is 15.4 Å². The molecule has 1 saturated carbocycles. The highest BCUT2D eigenvalue weighted by atomic mass is 16.5. The molecule has 18 heavy (non-hydrogen) atoms. The van der Waals surface area contributed by atoms with Gasteiger partial charge in [0.1, 0.15) is 0 Å². The van der Waals surface area contributed by atoms with Gasteiger partial charge in [-0.2, -0.15) is 0 Å². The van der Waals surface area contributed by atoms with E-state index in [2.05, 4.69) is 11.8 Å². The summed E-state index contributed by atoms with van der Waals surface area (Å²) in [7, 11) is 1.82. The fourth-order valence-electron chi connectivity index (χ4n) is 3.75. The predicted octanol–water partition coefficient (Wildman–Crippen LogP) is 2.11. The minimum Gasteiger partial charge on any atom is -0.384 e. The lowest BCUT2D eigenvalue weighted by atomic mass is 9.78. The SMILES string of the molecule is COCC1CCCN(CC2CC(C)CCC2N)C1. The lowest BCUT2D eigenvalue weighted by molar-refractivity contribution is 0.0720. The van der Waals surface area contributed by atoms with Crippen LogP contribution in [-0.2, 0) is 4.74 Å². The van der Waals surface area contributed by atoms with Crippen LogP contribution in [0.25, 0.3) is 0 Å². The fraction of sp³-hybridized carbons (Fsp3) is 1.00. The van der Waals surface area contributed by atoms with E-state index in [9.17, 15) is 0 Å². The molecule has 4 unspecified atom stereocenters. The Labute approximate surface area is 112 Å². The maximum atomic E-state index is 6.30. The highest BCUT2D eigenvalue weighted by Crippen LogP contribution is 2.29. The maximum Gasteiger partial charge on any atom is 0.0502 e. The Hall–Kier alpha value is -0.120.